The SMILES string of the molecule is COc1ccc(SOOO)cc1N=NC(C(=O)Nc1ccccc1S(=O)(=O)O)=C(C)C. The van der Waals surface area contributed by atoms with Gasteiger partial charge in [0.1, 0.15) is 22.0 Å². The summed E-state index contributed by atoms with van der Waals surface area (Å²) in [6.45, 7) is 3.25. The molecule has 0 aliphatic rings. The number of rotatable bonds is 9. The number of anilines is 1. The summed E-state index contributed by atoms with van der Waals surface area (Å²) in [7, 11) is -3.12. The van der Waals surface area contributed by atoms with Gasteiger partial charge in [-0.05, 0) is 49.8 Å². The van der Waals surface area contributed by atoms with Crippen LogP contribution in [0, 0.1) is 0 Å². The maximum absolute atomic E-state index is 12.7. The van der Waals surface area contributed by atoms with Crippen LogP contribution in [0.3, 0.4) is 0 Å². The van der Waals surface area contributed by atoms with E-state index >= 15 is 0 Å². The molecule has 0 atom stereocenters. The number of nitrogens with one attached hydrogen (secondary N) is 1. The third-order valence-electron chi connectivity index (χ3n) is 3.67. The van der Waals surface area contributed by atoms with Gasteiger partial charge in [0.05, 0.1) is 24.8 Å². The molecule has 0 unspecified atom stereocenters. The Labute approximate surface area is 182 Å². The second-order valence-electron chi connectivity index (χ2n) is 6.03. The van der Waals surface area contributed by atoms with Crippen molar-refractivity contribution in [3.8, 4) is 5.75 Å². The lowest BCUT2D eigenvalue weighted by Crippen LogP contribution is -2.16. The molecule has 0 aliphatic carbocycles. The highest BCUT2D eigenvalue weighted by molar-refractivity contribution is 7.94. The monoisotopic (exact) mass is 469 g/mol. The molecule has 0 fully saturated rings. The lowest BCUT2D eigenvalue weighted by Gasteiger charge is -2.10. The number of benzene rings is 2. The number of hydrogen-bond acceptors (Lipinski definition) is 10. The van der Waals surface area contributed by atoms with Crippen LogP contribution in [-0.2, 0) is 24.3 Å². The van der Waals surface area contributed by atoms with Crippen LogP contribution in [0.5, 0.6) is 5.75 Å². The Balaban J connectivity index is 2.34. The summed E-state index contributed by atoms with van der Waals surface area (Å²) < 4.78 is 42.0. The largest absolute Gasteiger partial charge is 0.494 e. The average molecular weight is 469 g/mol. The lowest BCUT2D eigenvalue weighted by molar-refractivity contribution is -0.432. The predicted octanol–water partition coefficient (Wildman–Crippen LogP) is 4.39. The molecule has 0 aromatic heterocycles. The Bertz CT molecular complexity index is 1110. The zero-order valence-electron chi connectivity index (χ0n) is 16.6. The molecule has 1 amide bonds. The van der Waals surface area contributed by atoms with Gasteiger partial charge in [0, 0.05) is 4.90 Å². The van der Waals surface area contributed by atoms with E-state index < -0.39 is 20.9 Å². The van der Waals surface area contributed by atoms with Gasteiger partial charge in [0.25, 0.3) is 16.0 Å². The van der Waals surface area contributed by atoms with E-state index in [-0.39, 0.29) is 17.1 Å². The number of ether oxygens (including phenoxy) is 1. The minimum atomic E-state index is -4.55. The van der Waals surface area contributed by atoms with Crippen molar-refractivity contribution in [3.05, 3.63) is 53.7 Å². The van der Waals surface area contributed by atoms with Gasteiger partial charge in [0.15, 0.2) is 0 Å². The normalized spacial score (nSPS) is 11.4. The van der Waals surface area contributed by atoms with Crippen molar-refractivity contribution in [3.63, 3.8) is 0 Å². The minimum Gasteiger partial charge on any atom is -0.494 e. The molecule has 3 N–H and O–H groups in total. The van der Waals surface area contributed by atoms with Gasteiger partial charge in [-0.25, -0.2) is 5.26 Å². The summed E-state index contributed by atoms with van der Waals surface area (Å²) in [5, 5.41) is 22.3. The highest BCUT2D eigenvalue weighted by Gasteiger charge is 2.19. The number of methoxy groups -OCH3 is 1. The Kier molecular flexibility index (Phi) is 8.67. The van der Waals surface area contributed by atoms with Crippen LogP contribution in [0.4, 0.5) is 11.4 Å². The summed E-state index contributed by atoms with van der Waals surface area (Å²) in [6.07, 6.45) is 0. The molecular weight excluding hydrogens is 450 g/mol. The number of allylic oxidation sites excluding steroid dienone is 1. The topological polar surface area (TPSA) is 156 Å². The fourth-order valence-electron chi connectivity index (χ4n) is 2.31. The number of carbonyl (C=O) groups is 1. The number of amides is 1. The van der Waals surface area contributed by atoms with Gasteiger partial charge in [-0.1, -0.05) is 17.2 Å². The smallest absolute Gasteiger partial charge is 0.296 e. The highest BCUT2D eigenvalue weighted by atomic mass is 32.2. The van der Waals surface area contributed by atoms with Gasteiger partial charge < -0.3 is 10.1 Å². The highest BCUT2D eigenvalue weighted by Crippen LogP contribution is 2.33. The molecule has 11 nitrogen and oxygen atoms in total. The van der Waals surface area contributed by atoms with Crippen molar-refractivity contribution in [2.75, 3.05) is 12.4 Å². The molecule has 0 spiro atoms. The van der Waals surface area contributed by atoms with Gasteiger partial charge in [-0.15, -0.1) is 14.6 Å². The Morgan fingerprint density at radius 3 is 2.48 bits per heavy atom. The van der Waals surface area contributed by atoms with E-state index in [9.17, 15) is 17.8 Å². The molecule has 0 saturated heterocycles. The molecule has 0 heterocycles. The Morgan fingerprint density at radius 2 is 1.87 bits per heavy atom. The lowest BCUT2D eigenvalue weighted by atomic mass is 10.2. The first-order chi connectivity index (χ1) is 14.7. The third kappa shape index (κ3) is 6.85. The van der Waals surface area contributed by atoms with Crippen molar-refractivity contribution >= 4 is 39.4 Å². The second kappa shape index (κ2) is 11.0. The van der Waals surface area contributed by atoms with Crippen molar-refractivity contribution in [2.24, 2.45) is 10.2 Å². The molecule has 2 aromatic carbocycles. The molecular formula is C18H19N3O8S2. The first-order valence-electron chi connectivity index (χ1n) is 8.47. The summed E-state index contributed by atoms with van der Waals surface area (Å²) >= 11 is 0.705. The molecule has 13 heteroatoms. The first-order valence-corrected chi connectivity index (χ1v) is 10.7. The Morgan fingerprint density at radius 1 is 1.16 bits per heavy atom. The number of carbonyl (C=O) groups excluding carboxylic acids is 1. The zero-order chi connectivity index (χ0) is 23.0. The molecule has 2 rings (SSSR count). The van der Waals surface area contributed by atoms with E-state index in [1.807, 2.05) is 0 Å². The fourth-order valence-corrected chi connectivity index (χ4v) is 3.35. The number of hydrogen-bond donors (Lipinski definition) is 3. The van der Waals surface area contributed by atoms with Crippen LogP contribution in [0.1, 0.15) is 13.8 Å². The third-order valence-corrected chi connectivity index (χ3v) is 5.16. The van der Waals surface area contributed by atoms with Crippen LogP contribution in [0.15, 0.2) is 73.8 Å². The maximum Gasteiger partial charge on any atom is 0.296 e. The second-order valence-corrected chi connectivity index (χ2v) is 8.20. The minimum absolute atomic E-state index is 0.0832. The van der Waals surface area contributed by atoms with E-state index in [1.165, 1.54) is 31.4 Å². The van der Waals surface area contributed by atoms with Crippen LogP contribution in [0.25, 0.3) is 0 Å². The van der Waals surface area contributed by atoms with E-state index in [2.05, 4.69) is 24.9 Å². The van der Waals surface area contributed by atoms with E-state index in [4.69, 9.17) is 9.99 Å². The number of para-hydroxylation sites is 1. The van der Waals surface area contributed by atoms with Crippen molar-refractivity contribution < 1.29 is 37.1 Å². The van der Waals surface area contributed by atoms with Crippen molar-refractivity contribution in [1.29, 1.82) is 0 Å². The first kappa shape index (κ1) is 24.5. The van der Waals surface area contributed by atoms with Crippen molar-refractivity contribution in [1.82, 2.24) is 0 Å². The molecule has 0 bridgehead atoms. The van der Waals surface area contributed by atoms with Gasteiger partial charge >= 0.3 is 0 Å². The average Bonchev–Trinajstić information content (AvgIpc) is 2.71. The van der Waals surface area contributed by atoms with Gasteiger partial charge in [-0.3, -0.25) is 9.35 Å². The summed E-state index contributed by atoms with van der Waals surface area (Å²) in [5.41, 5.74) is 0.548. The van der Waals surface area contributed by atoms with Crippen LogP contribution in [-0.4, -0.2) is 31.2 Å². The predicted molar refractivity (Wildman–Crippen MR) is 111 cm³/mol. The van der Waals surface area contributed by atoms with Crippen LogP contribution < -0.4 is 10.1 Å². The zero-order valence-corrected chi connectivity index (χ0v) is 18.2. The van der Waals surface area contributed by atoms with Crippen molar-refractivity contribution in [2.45, 2.75) is 23.6 Å². The summed E-state index contributed by atoms with van der Waals surface area (Å²) in [5.74, 6) is -0.385. The van der Waals surface area contributed by atoms with E-state index in [1.54, 1.807) is 26.0 Å². The molecule has 0 aliphatic heterocycles. The quantitative estimate of drug-likeness (QED) is 0.121. The van der Waals surface area contributed by atoms with Gasteiger partial charge in [0.2, 0.25) is 0 Å². The standard InChI is InChI=1S/C18H19N3O8S2/c1-11(2)17(18(22)19-13-6-4-5-7-16(13)31(24,25)26)21-20-14-10-12(30-29-28-23)8-9-15(14)27-3/h4-10,23H,1-3H3,(H,19,22)(H,24,25,26). The fraction of sp³-hybridized carbons (Fsp3) is 0.167. The van der Waals surface area contributed by atoms with E-state index in [0.717, 1.165) is 6.07 Å². The number of nitrogens with zero attached hydrogens (tertiary/aromatic N) is 2. The van der Waals surface area contributed by atoms with Crippen LogP contribution >= 0.6 is 12.0 Å². The molecule has 166 valence electrons. The summed E-state index contributed by atoms with van der Waals surface area (Å²) in [6, 6.07) is 10.1. The number of azo groups is 1. The maximum atomic E-state index is 12.7. The Hall–Kier alpha value is -2.81. The summed E-state index contributed by atoms with van der Waals surface area (Å²) in [4.78, 5) is 12.8. The van der Waals surface area contributed by atoms with Crippen LogP contribution in [0.2, 0.25) is 0 Å². The van der Waals surface area contributed by atoms with Gasteiger partial charge in [-0.2, -0.15) is 8.42 Å². The van der Waals surface area contributed by atoms with E-state index in [0.29, 0.717) is 28.3 Å². The molecule has 31 heavy (non-hydrogen) atoms. The molecule has 2 aromatic rings. The molecule has 0 radical (unpaired) electrons. The molecule has 0 saturated carbocycles.